The Morgan fingerprint density at radius 2 is 1.84 bits per heavy atom. The van der Waals surface area contributed by atoms with Gasteiger partial charge in [0.25, 0.3) is 11.6 Å². The lowest BCUT2D eigenvalue weighted by Crippen LogP contribution is -2.31. The van der Waals surface area contributed by atoms with Crippen molar-refractivity contribution in [3.63, 3.8) is 0 Å². The lowest BCUT2D eigenvalue weighted by Gasteiger charge is -2.22. The summed E-state index contributed by atoms with van der Waals surface area (Å²) in [6, 6.07) is 9.43. The van der Waals surface area contributed by atoms with Gasteiger partial charge in [-0.2, -0.15) is 0 Å². The summed E-state index contributed by atoms with van der Waals surface area (Å²) in [4.78, 5) is 46.6. The highest BCUT2D eigenvalue weighted by atomic mass is 19.1. The number of halogens is 1. The highest BCUT2D eigenvalue weighted by Crippen LogP contribution is 2.40. The van der Waals surface area contributed by atoms with Crippen LogP contribution in [0.3, 0.4) is 0 Å². The number of nitro benzene ring substituents is 1. The number of rotatable bonds is 3. The summed E-state index contributed by atoms with van der Waals surface area (Å²) in [6.07, 6.45) is 2.84. The first-order valence-electron chi connectivity index (χ1n) is 9.07. The number of fused-ring (bicyclic) bond motifs is 2. The van der Waals surface area contributed by atoms with Crippen molar-refractivity contribution >= 4 is 28.5 Å². The molecule has 1 aliphatic heterocycles. The van der Waals surface area contributed by atoms with Gasteiger partial charge in [0, 0.05) is 24.5 Å². The first-order valence-corrected chi connectivity index (χ1v) is 9.07. The van der Waals surface area contributed by atoms with Gasteiger partial charge in [-0.3, -0.25) is 24.6 Å². The standard InChI is InChI=1S/C21H11FN4O5/c22-12-5-6-15-14(10-12)18(27)16-17(11-3-1-4-13(9-11)26(29)30)25(20(28)19(16)31-15)21-23-7-2-8-24-21/h1-10,17H. The smallest absolute Gasteiger partial charge is 0.297 e. The fraction of sp³-hybridized carbons (Fsp3) is 0.0476. The lowest BCUT2D eigenvalue weighted by molar-refractivity contribution is -0.384. The molecule has 0 saturated carbocycles. The van der Waals surface area contributed by atoms with Crippen molar-refractivity contribution < 1.29 is 18.5 Å². The summed E-state index contributed by atoms with van der Waals surface area (Å²) >= 11 is 0. The van der Waals surface area contributed by atoms with Gasteiger partial charge in [0.1, 0.15) is 11.4 Å². The van der Waals surface area contributed by atoms with E-state index < -0.39 is 28.1 Å². The second kappa shape index (κ2) is 6.80. The molecule has 0 spiro atoms. The maximum atomic E-state index is 13.8. The number of anilines is 1. The van der Waals surface area contributed by atoms with Crippen LogP contribution in [0, 0.1) is 15.9 Å². The van der Waals surface area contributed by atoms with Gasteiger partial charge in [-0.05, 0) is 29.8 Å². The molecule has 0 aliphatic carbocycles. The average molecular weight is 418 g/mol. The summed E-state index contributed by atoms with van der Waals surface area (Å²) in [5.41, 5.74) is -0.553. The van der Waals surface area contributed by atoms with Gasteiger partial charge in [0.2, 0.25) is 11.7 Å². The van der Waals surface area contributed by atoms with E-state index in [1.54, 1.807) is 12.1 Å². The molecule has 0 bridgehead atoms. The topological polar surface area (TPSA) is 119 Å². The van der Waals surface area contributed by atoms with Crippen LogP contribution in [0.25, 0.3) is 11.0 Å². The number of hydrogen-bond acceptors (Lipinski definition) is 7. The molecule has 2 aromatic heterocycles. The van der Waals surface area contributed by atoms with Crippen LogP contribution in [-0.2, 0) is 0 Å². The molecule has 4 aromatic rings. The Labute approximate surface area is 172 Å². The molecular weight excluding hydrogens is 407 g/mol. The minimum Gasteiger partial charge on any atom is -0.450 e. The molecule has 1 aliphatic rings. The first-order chi connectivity index (χ1) is 15.0. The molecule has 9 nitrogen and oxygen atoms in total. The highest BCUT2D eigenvalue weighted by molar-refractivity contribution is 6.09. The molecule has 1 unspecified atom stereocenters. The number of nitro groups is 1. The van der Waals surface area contributed by atoms with Crippen LogP contribution >= 0.6 is 0 Å². The first kappa shape index (κ1) is 18.6. The monoisotopic (exact) mass is 418 g/mol. The van der Waals surface area contributed by atoms with Gasteiger partial charge < -0.3 is 4.42 Å². The minimum atomic E-state index is -1.09. The maximum Gasteiger partial charge on any atom is 0.297 e. The van der Waals surface area contributed by atoms with Crippen LogP contribution in [0.15, 0.2) is 70.1 Å². The second-order valence-corrected chi connectivity index (χ2v) is 6.79. The van der Waals surface area contributed by atoms with E-state index >= 15 is 0 Å². The molecule has 0 saturated heterocycles. The third-order valence-electron chi connectivity index (χ3n) is 5.00. The largest absolute Gasteiger partial charge is 0.450 e. The second-order valence-electron chi connectivity index (χ2n) is 6.79. The number of aromatic nitrogens is 2. The number of amides is 1. The summed E-state index contributed by atoms with van der Waals surface area (Å²) in [5, 5.41) is 11.2. The Kier molecular flexibility index (Phi) is 4.07. The predicted molar refractivity (Wildman–Crippen MR) is 106 cm³/mol. The Morgan fingerprint density at radius 1 is 1.06 bits per heavy atom. The Morgan fingerprint density at radius 3 is 2.58 bits per heavy atom. The molecule has 31 heavy (non-hydrogen) atoms. The molecule has 152 valence electrons. The summed E-state index contributed by atoms with van der Waals surface area (Å²) < 4.78 is 19.5. The van der Waals surface area contributed by atoms with Crippen molar-refractivity contribution in [2.45, 2.75) is 6.04 Å². The van der Waals surface area contributed by atoms with Crippen molar-refractivity contribution in [2.75, 3.05) is 4.90 Å². The number of non-ortho nitro benzene ring substituents is 1. The Balaban J connectivity index is 1.83. The van der Waals surface area contributed by atoms with E-state index in [-0.39, 0.29) is 39.5 Å². The van der Waals surface area contributed by atoms with Crippen molar-refractivity contribution in [1.82, 2.24) is 9.97 Å². The predicted octanol–water partition coefficient (Wildman–Crippen LogP) is 3.38. The zero-order chi connectivity index (χ0) is 21.7. The highest BCUT2D eigenvalue weighted by Gasteiger charge is 2.45. The molecule has 0 N–H and O–H groups in total. The van der Waals surface area contributed by atoms with E-state index in [9.17, 15) is 24.1 Å². The Hall–Kier alpha value is -4.47. The maximum absolute atomic E-state index is 13.8. The van der Waals surface area contributed by atoms with Gasteiger partial charge in [-0.25, -0.2) is 14.4 Å². The fourth-order valence-corrected chi connectivity index (χ4v) is 3.69. The lowest BCUT2D eigenvalue weighted by atomic mass is 9.98. The van der Waals surface area contributed by atoms with E-state index in [1.807, 2.05) is 0 Å². The third kappa shape index (κ3) is 2.84. The van der Waals surface area contributed by atoms with Crippen LogP contribution in [0.2, 0.25) is 0 Å². The summed E-state index contributed by atoms with van der Waals surface area (Å²) in [6.45, 7) is 0. The quantitative estimate of drug-likeness (QED) is 0.369. The molecule has 3 heterocycles. The van der Waals surface area contributed by atoms with Gasteiger partial charge >= 0.3 is 0 Å². The molecule has 0 fully saturated rings. The molecule has 10 heteroatoms. The molecule has 0 radical (unpaired) electrons. The van der Waals surface area contributed by atoms with E-state index in [0.29, 0.717) is 0 Å². The van der Waals surface area contributed by atoms with Crippen molar-refractivity contribution in [2.24, 2.45) is 0 Å². The number of carbonyl (C=O) groups is 1. The molecule has 1 amide bonds. The van der Waals surface area contributed by atoms with Crippen LogP contribution in [0.4, 0.5) is 16.0 Å². The van der Waals surface area contributed by atoms with Gasteiger partial charge in [0.05, 0.1) is 21.9 Å². The number of hydrogen-bond donors (Lipinski definition) is 0. The van der Waals surface area contributed by atoms with E-state index in [2.05, 4.69) is 9.97 Å². The van der Waals surface area contributed by atoms with Gasteiger partial charge in [-0.15, -0.1) is 0 Å². The molecule has 2 aromatic carbocycles. The van der Waals surface area contributed by atoms with Gasteiger partial charge in [0.15, 0.2) is 5.43 Å². The third-order valence-corrected chi connectivity index (χ3v) is 5.00. The fourth-order valence-electron chi connectivity index (χ4n) is 3.69. The van der Waals surface area contributed by atoms with Crippen LogP contribution in [-0.4, -0.2) is 20.8 Å². The number of carbonyl (C=O) groups excluding carboxylic acids is 1. The van der Waals surface area contributed by atoms with Crippen molar-refractivity contribution in [3.8, 4) is 0 Å². The van der Waals surface area contributed by atoms with E-state index in [0.717, 1.165) is 17.0 Å². The molecular formula is C21H11FN4O5. The summed E-state index contributed by atoms with van der Waals surface area (Å²) in [7, 11) is 0. The minimum absolute atomic E-state index is 0.00922. The van der Waals surface area contributed by atoms with Gasteiger partial charge in [-0.1, -0.05) is 12.1 Å². The molecule has 5 rings (SSSR count). The zero-order valence-electron chi connectivity index (χ0n) is 15.6. The van der Waals surface area contributed by atoms with Crippen LogP contribution in [0.1, 0.15) is 27.7 Å². The normalized spacial score (nSPS) is 15.3. The average Bonchev–Trinajstić information content (AvgIpc) is 3.07. The van der Waals surface area contributed by atoms with Crippen LogP contribution in [0.5, 0.6) is 0 Å². The van der Waals surface area contributed by atoms with E-state index in [1.165, 1.54) is 36.7 Å². The number of benzene rings is 2. The SMILES string of the molecule is O=C1c2oc3ccc(F)cc3c(=O)c2C(c2cccc([N+](=O)[O-])c2)N1c1ncccn1. The van der Waals surface area contributed by atoms with Crippen LogP contribution < -0.4 is 10.3 Å². The van der Waals surface area contributed by atoms with Crippen molar-refractivity contribution in [1.29, 1.82) is 0 Å². The van der Waals surface area contributed by atoms with Crippen molar-refractivity contribution in [3.05, 3.63) is 104 Å². The number of nitrogens with zero attached hydrogens (tertiary/aromatic N) is 4. The zero-order valence-corrected chi connectivity index (χ0v) is 15.6. The summed E-state index contributed by atoms with van der Waals surface area (Å²) in [5.74, 6) is -1.57. The Bertz CT molecular complexity index is 1440. The molecule has 1 atom stereocenters. The van der Waals surface area contributed by atoms with E-state index in [4.69, 9.17) is 4.42 Å².